The lowest BCUT2D eigenvalue weighted by molar-refractivity contribution is -0.143. The molecule has 0 aliphatic carbocycles. The summed E-state index contributed by atoms with van der Waals surface area (Å²) in [5.41, 5.74) is 6.10. The highest BCUT2D eigenvalue weighted by molar-refractivity contribution is 5.99. The van der Waals surface area contributed by atoms with Gasteiger partial charge in [-0.15, -0.1) is 0 Å². The minimum Gasteiger partial charge on any atom is -0.480 e. The van der Waals surface area contributed by atoms with Crippen LogP contribution in [0, 0.1) is 0 Å². The van der Waals surface area contributed by atoms with E-state index < -0.39 is 17.9 Å². The Labute approximate surface area is 104 Å². The summed E-state index contributed by atoms with van der Waals surface area (Å²) in [6, 6.07) is 2.45. The van der Waals surface area contributed by atoms with Crippen molar-refractivity contribution in [2.75, 3.05) is 12.3 Å². The molecule has 1 aromatic rings. The molecule has 3 N–H and O–H groups in total. The maximum absolute atomic E-state index is 12.3. The van der Waals surface area contributed by atoms with E-state index in [1.165, 1.54) is 11.1 Å². The Morgan fingerprint density at radius 2 is 2.22 bits per heavy atom. The van der Waals surface area contributed by atoms with Crippen molar-refractivity contribution in [3.8, 4) is 0 Å². The summed E-state index contributed by atoms with van der Waals surface area (Å²) >= 11 is 0. The van der Waals surface area contributed by atoms with Crippen molar-refractivity contribution in [3.05, 3.63) is 24.0 Å². The molecule has 0 radical (unpaired) electrons. The predicted molar refractivity (Wildman–Crippen MR) is 65.0 cm³/mol. The van der Waals surface area contributed by atoms with Crippen LogP contribution in [0.15, 0.2) is 18.3 Å². The molecule has 6 nitrogen and oxygen atoms in total. The second kappa shape index (κ2) is 5.03. The second-order valence-electron chi connectivity index (χ2n) is 4.29. The monoisotopic (exact) mass is 249 g/mol. The van der Waals surface area contributed by atoms with E-state index in [0.717, 1.165) is 12.8 Å². The number of rotatable bonds is 2. The molecule has 96 valence electrons. The van der Waals surface area contributed by atoms with Gasteiger partial charge in [-0.3, -0.25) is 4.79 Å². The number of nitrogen functional groups attached to an aromatic ring is 1. The lowest BCUT2D eigenvalue weighted by Crippen LogP contribution is -2.48. The number of hydrogen-bond acceptors (Lipinski definition) is 4. The third-order valence-electron chi connectivity index (χ3n) is 3.09. The van der Waals surface area contributed by atoms with E-state index in [1.807, 2.05) is 0 Å². The van der Waals surface area contributed by atoms with Gasteiger partial charge in [-0.25, -0.2) is 9.78 Å². The zero-order chi connectivity index (χ0) is 13.1. The van der Waals surface area contributed by atoms with Crippen molar-refractivity contribution in [2.24, 2.45) is 0 Å². The smallest absolute Gasteiger partial charge is 0.326 e. The van der Waals surface area contributed by atoms with Gasteiger partial charge >= 0.3 is 5.97 Å². The number of carboxylic acid groups (broad SMARTS) is 1. The summed E-state index contributed by atoms with van der Waals surface area (Å²) in [5.74, 6) is -1.38. The van der Waals surface area contributed by atoms with Crippen molar-refractivity contribution < 1.29 is 14.7 Å². The van der Waals surface area contributed by atoms with Crippen LogP contribution in [0.1, 0.15) is 29.8 Å². The van der Waals surface area contributed by atoms with Crippen molar-refractivity contribution in [2.45, 2.75) is 25.3 Å². The highest BCUT2D eigenvalue weighted by atomic mass is 16.4. The Morgan fingerprint density at radius 1 is 1.44 bits per heavy atom. The Balaban J connectivity index is 2.27. The van der Waals surface area contributed by atoms with E-state index in [-0.39, 0.29) is 11.4 Å². The van der Waals surface area contributed by atoms with Gasteiger partial charge in [0, 0.05) is 12.7 Å². The summed E-state index contributed by atoms with van der Waals surface area (Å²) in [6.45, 7) is 0.436. The van der Waals surface area contributed by atoms with Gasteiger partial charge in [0.05, 0.1) is 5.69 Å². The molecule has 1 aliphatic rings. The molecule has 6 heteroatoms. The number of hydrogen-bond donors (Lipinski definition) is 2. The average molecular weight is 249 g/mol. The van der Waals surface area contributed by atoms with Gasteiger partial charge in [0.1, 0.15) is 6.04 Å². The molecule has 0 aromatic carbocycles. The number of carbonyl (C=O) groups excluding carboxylic acids is 1. The first-order chi connectivity index (χ1) is 8.61. The number of carboxylic acids is 1. The van der Waals surface area contributed by atoms with Crippen LogP contribution < -0.4 is 5.73 Å². The van der Waals surface area contributed by atoms with E-state index >= 15 is 0 Å². The summed E-state index contributed by atoms with van der Waals surface area (Å²) in [7, 11) is 0. The number of anilines is 1. The van der Waals surface area contributed by atoms with Gasteiger partial charge in [0.25, 0.3) is 5.91 Å². The second-order valence-corrected chi connectivity index (χ2v) is 4.29. The topological polar surface area (TPSA) is 96.5 Å². The quantitative estimate of drug-likeness (QED) is 0.805. The number of amides is 1. The van der Waals surface area contributed by atoms with Gasteiger partial charge in [-0.2, -0.15) is 0 Å². The molecular weight excluding hydrogens is 234 g/mol. The minimum atomic E-state index is -0.974. The number of likely N-dealkylation sites (tertiary alicyclic amines) is 1. The first-order valence-electron chi connectivity index (χ1n) is 5.85. The third kappa shape index (κ3) is 2.27. The standard InChI is InChI=1S/C12H15N3O3/c13-8-4-3-6-14-10(8)11(16)15-7-2-1-5-9(15)12(17)18/h3-4,6,9H,1-2,5,7,13H2,(H,17,18)/t9-/m1/s1. The number of nitrogens with zero attached hydrogens (tertiary/aromatic N) is 2. The Hall–Kier alpha value is -2.11. The van der Waals surface area contributed by atoms with Gasteiger partial charge < -0.3 is 15.7 Å². The van der Waals surface area contributed by atoms with E-state index in [4.69, 9.17) is 10.8 Å². The highest BCUT2D eigenvalue weighted by Crippen LogP contribution is 2.21. The summed E-state index contributed by atoms with van der Waals surface area (Å²) in [4.78, 5) is 28.7. The van der Waals surface area contributed by atoms with Gasteiger partial charge in [0.2, 0.25) is 0 Å². The van der Waals surface area contributed by atoms with Crippen LogP contribution in [0.5, 0.6) is 0 Å². The maximum atomic E-state index is 12.3. The zero-order valence-corrected chi connectivity index (χ0v) is 9.87. The minimum absolute atomic E-state index is 0.130. The highest BCUT2D eigenvalue weighted by Gasteiger charge is 2.33. The molecule has 1 atom stereocenters. The molecule has 1 aromatic heterocycles. The Morgan fingerprint density at radius 3 is 2.89 bits per heavy atom. The number of aromatic nitrogens is 1. The molecule has 1 fully saturated rings. The lowest BCUT2D eigenvalue weighted by Gasteiger charge is -2.32. The number of nitrogens with two attached hydrogens (primary N) is 1. The number of aliphatic carboxylic acids is 1. The van der Waals surface area contributed by atoms with Crippen LogP contribution >= 0.6 is 0 Å². The molecule has 18 heavy (non-hydrogen) atoms. The van der Waals surface area contributed by atoms with Crippen molar-refractivity contribution in [3.63, 3.8) is 0 Å². The summed E-state index contributed by atoms with van der Waals surface area (Å²) < 4.78 is 0. The predicted octanol–water partition coefficient (Wildman–Crippen LogP) is 0.743. The number of carbonyl (C=O) groups is 2. The molecule has 2 heterocycles. The van der Waals surface area contributed by atoms with Crippen LogP contribution in [-0.2, 0) is 4.79 Å². The molecule has 1 saturated heterocycles. The molecule has 0 bridgehead atoms. The Bertz CT molecular complexity index is 475. The molecule has 0 unspecified atom stereocenters. The maximum Gasteiger partial charge on any atom is 0.326 e. The summed E-state index contributed by atoms with van der Waals surface area (Å²) in [6.07, 6.45) is 3.58. The van der Waals surface area contributed by atoms with Gasteiger partial charge in [0.15, 0.2) is 5.69 Å². The van der Waals surface area contributed by atoms with Crippen LogP contribution in [0.3, 0.4) is 0 Å². The van der Waals surface area contributed by atoms with Crippen molar-refractivity contribution in [1.29, 1.82) is 0 Å². The van der Waals surface area contributed by atoms with Crippen molar-refractivity contribution in [1.82, 2.24) is 9.88 Å². The van der Waals surface area contributed by atoms with Crippen molar-refractivity contribution >= 4 is 17.6 Å². The first-order valence-corrected chi connectivity index (χ1v) is 5.85. The van der Waals surface area contributed by atoms with Gasteiger partial charge in [-0.1, -0.05) is 0 Å². The summed E-state index contributed by atoms with van der Waals surface area (Å²) in [5, 5.41) is 9.13. The third-order valence-corrected chi connectivity index (χ3v) is 3.09. The van der Waals surface area contributed by atoms with E-state index in [1.54, 1.807) is 12.1 Å². The fraction of sp³-hybridized carbons (Fsp3) is 0.417. The first kappa shape index (κ1) is 12.3. The molecule has 0 spiro atoms. The lowest BCUT2D eigenvalue weighted by atomic mass is 10.0. The normalized spacial score (nSPS) is 19.6. The van der Waals surface area contributed by atoms with E-state index in [2.05, 4.69) is 4.98 Å². The van der Waals surface area contributed by atoms with E-state index in [0.29, 0.717) is 13.0 Å². The van der Waals surface area contributed by atoms with E-state index in [9.17, 15) is 9.59 Å². The van der Waals surface area contributed by atoms with Crippen LogP contribution in [0.25, 0.3) is 0 Å². The van der Waals surface area contributed by atoms with Crippen LogP contribution in [0.2, 0.25) is 0 Å². The Kier molecular flexibility index (Phi) is 3.45. The van der Waals surface area contributed by atoms with Crippen LogP contribution in [0.4, 0.5) is 5.69 Å². The molecule has 1 aliphatic heterocycles. The largest absolute Gasteiger partial charge is 0.480 e. The molecular formula is C12H15N3O3. The SMILES string of the molecule is Nc1cccnc1C(=O)N1CCCC[C@@H]1C(=O)O. The fourth-order valence-corrected chi connectivity index (χ4v) is 2.16. The van der Waals surface area contributed by atoms with Gasteiger partial charge in [-0.05, 0) is 31.4 Å². The molecule has 1 amide bonds. The fourth-order valence-electron chi connectivity index (χ4n) is 2.16. The molecule has 0 saturated carbocycles. The number of piperidine rings is 1. The number of pyridine rings is 1. The average Bonchev–Trinajstić information content (AvgIpc) is 2.38. The molecule has 2 rings (SSSR count). The zero-order valence-electron chi connectivity index (χ0n) is 9.87. The van der Waals surface area contributed by atoms with Crippen LogP contribution in [-0.4, -0.2) is 39.5 Å².